The minimum Gasteiger partial charge on any atom is -0.496 e. The van der Waals surface area contributed by atoms with Crippen molar-refractivity contribution in [1.82, 2.24) is 5.32 Å². The second-order valence-electron chi connectivity index (χ2n) is 4.47. The lowest BCUT2D eigenvalue weighted by atomic mass is 10.0. The smallest absolute Gasteiger partial charge is 0.164 e. The van der Waals surface area contributed by atoms with Crippen molar-refractivity contribution in [1.29, 1.82) is 0 Å². The highest BCUT2D eigenvalue weighted by atomic mass is 16.5. The number of rotatable bonds is 9. The second kappa shape index (κ2) is 8.66. The van der Waals surface area contributed by atoms with Gasteiger partial charge in [0.15, 0.2) is 11.5 Å². The zero-order valence-electron chi connectivity index (χ0n) is 12.7. The maximum Gasteiger partial charge on any atom is 0.164 e. The maximum absolute atomic E-state index is 9.25. The molecule has 0 radical (unpaired) electrons. The standard InChI is InChI=1S/C15H25NO4/c1-5-7-16-12(6-8-17)11-9-14(19-3)15(20-4)10-13(11)18-2/h9-10,12,16-17H,5-8H2,1-4H3. The highest BCUT2D eigenvalue weighted by Crippen LogP contribution is 2.38. The van der Waals surface area contributed by atoms with Gasteiger partial charge in [-0.05, 0) is 25.5 Å². The van der Waals surface area contributed by atoms with Crippen LogP contribution in [-0.4, -0.2) is 39.6 Å². The summed E-state index contributed by atoms with van der Waals surface area (Å²) in [4.78, 5) is 0. The van der Waals surface area contributed by atoms with Crippen molar-refractivity contribution in [3.63, 3.8) is 0 Å². The van der Waals surface area contributed by atoms with Gasteiger partial charge in [-0.2, -0.15) is 0 Å². The lowest BCUT2D eigenvalue weighted by Gasteiger charge is -2.22. The fraction of sp³-hybridized carbons (Fsp3) is 0.600. The molecule has 0 saturated heterocycles. The van der Waals surface area contributed by atoms with E-state index in [1.54, 1.807) is 21.3 Å². The van der Waals surface area contributed by atoms with E-state index in [-0.39, 0.29) is 12.6 Å². The van der Waals surface area contributed by atoms with Gasteiger partial charge in [-0.25, -0.2) is 0 Å². The molecule has 1 rings (SSSR count). The summed E-state index contributed by atoms with van der Waals surface area (Å²) in [5, 5.41) is 12.7. The lowest BCUT2D eigenvalue weighted by molar-refractivity contribution is 0.263. The average Bonchev–Trinajstić information content (AvgIpc) is 2.50. The van der Waals surface area contributed by atoms with Crippen LogP contribution in [0.1, 0.15) is 31.4 Å². The van der Waals surface area contributed by atoms with Crippen molar-refractivity contribution < 1.29 is 19.3 Å². The van der Waals surface area contributed by atoms with Gasteiger partial charge in [-0.3, -0.25) is 0 Å². The van der Waals surface area contributed by atoms with Crippen LogP contribution in [-0.2, 0) is 0 Å². The lowest BCUT2D eigenvalue weighted by Crippen LogP contribution is -2.23. The number of aliphatic hydroxyl groups excluding tert-OH is 1. The molecule has 0 spiro atoms. The highest BCUT2D eigenvalue weighted by Gasteiger charge is 2.19. The zero-order chi connectivity index (χ0) is 15.0. The van der Waals surface area contributed by atoms with Gasteiger partial charge in [-0.15, -0.1) is 0 Å². The Kier molecular flexibility index (Phi) is 7.18. The summed E-state index contributed by atoms with van der Waals surface area (Å²) in [5.74, 6) is 2.01. The zero-order valence-corrected chi connectivity index (χ0v) is 12.7. The molecule has 0 bridgehead atoms. The minimum absolute atomic E-state index is 0.0229. The Morgan fingerprint density at radius 2 is 1.65 bits per heavy atom. The molecule has 1 aromatic rings. The summed E-state index contributed by atoms with van der Waals surface area (Å²) in [6, 6.07) is 3.74. The van der Waals surface area contributed by atoms with Crippen LogP contribution in [0.5, 0.6) is 17.2 Å². The Hall–Kier alpha value is -1.46. The summed E-state index contributed by atoms with van der Waals surface area (Å²) in [6.45, 7) is 3.09. The Bertz CT molecular complexity index is 409. The predicted octanol–water partition coefficient (Wildman–Crippen LogP) is 2.14. The SMILES string of the molecule is CCCNC(CCO)c1cc(OC)c(OC)cc1OC. The molecule has 0 aliphatic rings. The van der Waals surface area contributed by atoms with Gasteiger partial charge in [0.2, 0.25) is 0 Å². The molecule has 1 aromatic carbocycles. The van der Waals surface area contributed by atoms with Crippen molar-refractivity contribution in [2.24, 2.45) is 0 Å². The van der Waals surface area contributed by atoms with Crippen LogP contribution in [0, 0.1) is 0 Å². The van der Waals surface area contributed by atoms with Crippen LogP contribution in [0.4, 0.5) is 0 Å². The molecule has 1 atom stereocenters. The third-order valence-corrected chi connectivity index (χ3v) is 3.17. The van der Waals surface area contributed by atoms with E-state index < -0.39 is 0 Å². The van der Waals surface area contributed by atoms with Crippen molar-refractivity contribution >= 4 is 0 Å². The Balaban J connectivity index is 3.16. The van der Waals surface area contributed by atoms with Crippen LogP contribution in [0.3, 0.4) is 0 Å². The fourth-order valence-corrected chi connectivity index (χ4v) is 2.14. The predicted molar refractivity (Wildman–Crippen MR) is 78.8 cm³/mol. The van der Waals surface area contributed by atoms with E-state index in [0.717, 1.165) is 24.3 Å². The molecule has 0 heterocycles. The minimum atomic E-state index is 0.0229. The molecule has 2 N–H and O–H groups in total. The number of benzene rings is 1. The van der Waals surface area contributed by atoms with Gasteiger partial charge in [0, 0.05) is 24.3 Å². The highest BCUT2D eigenvalue weighted by molar-refractivity contribution is 5.51. The summed E-state index contributed by atoms with van der Waals surface area (Å²) < 4.78 is 16.1. The molecule has 1 unspecified atom stereocenters. The fourth-order valence-electron chi connectivity index (χ4n) is 2.14. The summed E-state index contributed by atoms with van der Waals surface area (Å²) in [7, 11) is 4.83. The molecule has 20 heavy (non-hydrogen) atoms. The first-order valence-corrected chi connectivity index (χ1v) is 6.85. The topological polar surface area (TPSA) is 60.0 Å². The summed E-state index contributed by atoms with van der Waals surface area (Å²) in [6.07, 6.45) is 1.64. The third kappa shape index (κ3) is 4.02. The molecule has 0 saturated carbocycles. The number of methoxy groups -OCH3 is 3. The van der Waals surface area contributed by atoms with Crippen molar-refractivity contribution in [2.45, 2.75) is 25.8 Å². The average molecular weight is 283 g/mol. The molecule has 5 nitrogen and oxygen atoms in total. The first kappa shape index (κ1) is 16.6. The Labute approximate surface area is 120 Å². The molecule has 0 amide bonds. The number of hydrogen-bond acceptors (Lipinski definition) is 5. The molecule has 5 heteroatoms. The number of aliphatic hydroxyl groups is 1. The van der Waals surface area contributed by atoms with Gasteiger partial charge in [0.05, 0.1) is 21.3 Å². The van der Waals surface area contributed by atoms with E-state index >= 15 is 0 Å². The van der Waals surface area contributed by atoms with Crippen LogP contribution in [0.25, 0.3) is 0 Å². The van der Waals surface area contributed by atoms with Gasteiger partial charge < -0.3 is 24.6 Å². The first-order chi connectivity index (χ1) is 9.71. The molecule has 0 aromatic heterocycles. The molecule has 0 aliphatic carbocycles. The van der Waals surface area contributed by atoms with Crippen LogP contribution in [0.2, 0.25) is 0 Å². The summed E-state index contributed by atoms with van der Waals surface area (Å²) in [5.41, 5.74) is 0.965. The van der Waals surface area contributed by atoms with Gasteiger partial charge >= 0.3 is 0 Å². The van der Waals surface area contributed by atoms with Crippen molar-refractivity contribution in [2.75, 3.05) is 34.5 Å². The summed E-state index contributed by atoms with van der Waals surface area (Å²) >= 11 is 0. The van der Waals surface area contributed by atoms with Crippen LogP contribution < -0.4 is 19.5 Å². The third-order valence-electron chi connectivity index (χ3n) is 3.17. The van der Waals surface area contributed by atoms with Crippen LogP contribution >= 0.6 is 0 Å². The molecular weight excluding hydrogens is 258 g/mol. The monoisotopic (exact) mass is 283 g/mol. The molecule has 0 fully saturated rings. The van der Waals surface area contributed by atoms with Gasteiger partial charge in [0.25, 0.3) is 0 Å². The molecular formula is C15H25NO4. The normalized spacial score (nSPS) is 12.1. The van der Waals surface area contributed by atoms with Gasteiger partial charge in [-0.1, -0.05) is 6.92 Å². The van der Waals surface area contributed by atoms with E-state index in [9.17, 15) is 5.11 Å². The quantitative estimate of drug-likeness (QED) is 0.727. The van der Waals surface area contributed by atoms with E-state index in [2.05, 4.69) is 12.2 Å². The Morgan fingerprint density at radius 3 is 2.15 bits per heavy atom. The molecule has 0 aliphatic heterocycles. The first-order valence-electron chi connectivity index (χ1n) is 6.85. The number of ether oxygens (including phenoxy) is 3. The largest absolute Gasteiger partial charge is 0.496 e. The number of nitrogens with one attached hydrogen (secondary N) is 1. The van der Waals surface area contributed by atoms with E-state index in [1.165, 1.54) is 0 Å². The van der Waals surface area contributed by atoms with Crippen LogP contribution in [0.15, 0.2) is 12.1 Å². The second-order valence-corrected chi connectivity index (χ2v) is 4.47. The van der Waals surface area contributed by atoms with Crippen molar-refractivity contribution in [3.8, 4) is 17.2 Å². The van der Waals surface area contributed by atoms with E-state index in [0.29, 0.717) is 17.9 Å². The number of hydrogen-bond donors (Lipinski definition) is 2. The Morgan fingerprint density at radius 1 is 1.05 bits per heavy atom. The van der Waals surface area contributed by atoms with E-state index in [4.69, 9.17) is 14.2 Å². The molecule has 114 valence electrons. The maximum atomic E-state index is 9.25. The van der Waals surface area contributed by atoms with Gasteiger partial charge in [0.1, 0.15) is 5.75 Å². The van der Waals surface area contributed by atoms with E-state index in [1.807, 2.05) is 12.1 Å². The van der Waals surface area contributed by atoms with Crippen molar-refractivity contribution in [3.05, 3.63) is 17.7 Å².